The Kier molecular flexibility index (Phi) is 5.69. The van der Waals surface area contributed by atoms with Crippen LogP contribution in [0.3, 0.4) is 0 Å². The van der Waals surface area contributed by atoms with Gasteiger partial charge in [0, 0.05) is 31.1 Å². The molecule has 4 nitrogen and oxygen atoms in total. The molecule has 0 saturated carbocycles. The lowest BCUT2D eigenvalue weighted by Gasteiger charge is -2.32. The SMILES string of the molecule is CCN(c1cc(C)nc(C)c1C(N)=S)C(C)COC. The van der Waals surface area contributed by atoms with Crippen LogP contribution in [0.25, 0.3) is 0 Å². The summed E-state index contributed by atoms with van der Waals surface area (Å²) in [7, 11) is 1.71. The van der Waals surface area contributed by atoms with Crippen LogP contribution in [0.4, 0.5) is 5.69 Å². The average molecular weight is 281 g/mol. The van der Waals surface area contributed by atoms with Gasteiger partial charge in [-0.05, 0) is 33.8 Å². The highest BCUT2D eigenvalue weighted by atomic mass is 32.1. The van der Waals surface area contributed by atoms with E-state index in [0.29, 0.717) is 11.6 Å². The van der Waals surface area contributed by atoms with E-state index in [0.717, 1.165) is 29.2 Å². The molecule has 0 bridgehead atoms. The summed E-state index contributed by atoms with van der Waals surface area (Å²) in [5.74, 6) is 0. The van der Waals surface area contributed by atoms with Crippen molar-refractivity contribution >= 4 is 22.9 Å². The van der Waals surface area contributed by atoms with Gasteiger partial charge < -0.3 is 15.4 Å². The summed E-state index contributed by atoms with van der Waals surface area (Å²) in [6.07, 6.45) is 0. The Morgan fingerprint density at radius 1 is 1.53 bits per heavy atom. The van der Waals surface area contributed by atoms with E-state index >= 15 is 0 Å². The second kappa shape index (κ2) is 6.82. The average Bonchev–Trinajstić information content (AvgIpc) is 2.28. The van der Waals surface area contributed by atoms with Crippen molar-refractivity contribution in [2.24, 2.45) is 5.73 Å². The molecular weight excluding hydrogens is 258 g/mol. The zero-order valence-electron chi connectivity index (χ0n) is 12.4. The Bertz CT molecular complexity index is 462. The maximum absolute atomic E-state index is 5.87. The number of hydrogen-bond donors (Lipinski definition) is 1. The first-order valence-electron chi connectivity index (χ1n) is 6.46. The normalized spacial score (nSPS) is 12.3. The van der Waals surface area contributed by atoms with Crippen LogP contribution in [0.15, 0.2) is 6.07 Å². The Hall–Kier alpha value is -1.20. The first kappa shape index (κ1) is 15.9. The number of nitrogens with two attached hydrogens (primary N) is 1. The fourth-order valence-corrected chi connectivity index (χ4v) is 2.64. The predicted octanol–water partition coefficient (Wildman–Crippen LogP) is 2.19. The molecule has 0 aliphatic rings. The van der Waals surface area contributed by atoms with E-state index in [9.17, 15) is 0 Å². The Morgan fingerprint density at radius 2 is 2.16 bits per heavy atom. The number of pyridine rings is 1. The van der Waals surface area contributed by atoms with E-state index < -0.39 is 0 Å². The standard InChI is InChI=1S/C14H23N3OS/c1-6-17(10(3)8-18-5)12-7-9(2)16-11(4)13(12)14(15)19/h7,10H,6,8H2,1-5H3,(H2,15,19). The van der Waals surface area contributed by atoms with E-state index in [1.54, 1.807) is 7.11 Å². The number of ether oxygens (including phenoxy) is 1. The van der Waals surface area contributed by atoms with Gasteiger partial charge >= 0.3 is 0 Å². The second-order valence-corrected chi connectivity index (χ2v) is 5.14. The van der Waals surface area contributed by atoms with E-state index in [1.165, 1.54) is 0 Å². The molecule has 106 valence electrons. The van der Waals surface area contributed by atoms with E-state index in [1.807, 2.05) is 19.9 Å². The Labute approximate surface area is 121 Å². The number of aryl methyl sites for hydroxylation is 2. The molecule has 1 atom stereocenters. The second-order valence-electron chi connectivity index (χ2n) is 4.70. The van der Waals surface area contributed by atoms with Gasteiger partial charge in [-0.1, -0.05) is 12.2 Å². The van der Waals surface area contributed by atoms with Crippen molar-refractivity contribution < 1.29 is 4.74 Å². The summed E-state index contributed by atoms with van der Waals surface area (Å²) in [5.41, 5.74) is 9.63. The minimum atomic E-state index is 0.254. The van der Waals surface area contributed by atoms with Crippen molar-refractivity contribution in [1.29, 1.82) is 0 Å². The van der Waals surface area contributed by atoms with Gasteiger partial charge in [-0.2, -0.15) is 0 Å². The zero-order chi connectivity index (χ0) is 14.6. The lowest BCUT2D eigenvalue weighted by Crippen LogP contribution is -2.37. The topological polar surface area (TPSA) is 51.4 Å². The number of hydrogen-bond acceptors (Lipinski definition) is 4. The number of methoxy groups -OCH3 is 1. The van der Waals surface area contributed by atoms with Crippen molar-refractivity contribution in [2.75, 3.05) is 25.2 Å². The van der Waals surface area contributed by atoms with Crippen molar-refractivity contribution in [1.82, 2.24) is 4.98 Å². The zero-order valence-corrected chi connectivity index (χ0v) is 13.2. The number of nitrogens with zero attached hydrogens (tertiary/aromatic N) is 2. The maximum Gasteiger partial charge on any atom is 0.107 e. The Morgan fingerprint density at radius 3 is 2.63 bits per heavy atom. The van der Waals surface area contributed by atoms with Crippen LogP contribution in [-0.4, -0.2) is 36.3 Å². The number of aromatic nitrogens is 1. The molecule has 0 aromatic carbocycles. The molecule has 5 heteroatoms. The molecule has 2 N–H and O–H groups in total. The minimum absolute atomic E-state index is 0.254. The molecule has 0 amide bonds. The highest BCUT2D eigenvalue weighted by Gasteiger charge is 2.19. The van der Waals surface area contributed by atoms with Crippen LogP contribution >= 0.6 is 12.2 Å². The lowest BCUT2D eigenvalue weighted by molar-refractivity contribution is 0.182. The summed E-state index contributed by atoms with van der Waals surface area (Å²) in [6, 6.07) is 2.29. The summed E-state index contributed by atoms with van der Waals surface area (Å²) in [6.45, 7) is 9.69. The van der Waals surface area contributed by atoms with Crippen molar-refractivity contribution in [2.45, 2.75) is 33.7 Å². The highest BCUT2D eigenvalue weighted by molar-refractivity contribution is 7.80. The van der Waals surface area contributed by atoms with Crippen LogP contribution < -0.4 is 10.6 Å². The quantitative estimate of drug-likeness (QED) is 0.810. The molecule has 1 unspecified atom stereocenters. The van der Waals surface area contributed by atoms with Crippen molar-refractivity contribution in [3.8, 4) is 0 Å². The molecule has 0 saturated heterocycles. The molecule has 1 aromatic heterocycles. The number of rotatable bonds is 6. The third-order valence-electron chi connectivity index (χ3n) is 3.14. The molecule has 19 heavy (non-hydrogen) atoms. The molecular formula is C14H23N3OS. The molecule has 0 aliphatic heterocycles. The van der Waals surface area contributed by atoms with Crippen molar-refractivity contribution in [3.63, 3.8) is 0 Å². The highest BCUT2D eigenvalue weighted by Crippen LogP contribution is 2.25. The first-order chi connectivity index (χ1) is 8.92. The fourth-order valence-electron chi connectivity index (χ4n) is 2.39. The van der Waals surface area contributed by atoms with Gasteiger partial charge in [0.15, 0.2) is 0 Å². The van der Waals surface area contributed by atoms with E-state index in [-0.39, 0.29) is 6.04 Å². The van der Waals surface area contributed by atoms with E-state index in [4.69, 9.17) is 22.7 Å². The molecule has 1 aromatic rings. The number of likely N-dealkylation sites (N-methyl/N-ethyl adjacent to an activating group) is 1. The van der Waals surface area contributed by atoms with Crippen LogP contribution in [0, 0.1) is 13.8 Å². The van der Waals surface area contributed by atoms with Crippen molar-refractivity contribution in [3.05, 3.63) is 23.0 Å². The summed E-state index contributed by atoms with van der Waals surface area (Å²) in [5, 5.41) is 0. The van der Waals surface area contributed by atoms with Crippen LogP contribution in [0.5, 0.6) is 0 Å². The van der Waals surface area contributed by atoms with Crippen LogP contribution in [0.2, 0.25) is 0 Å². The monoisotopic (exact) mass is 281 g/mol. The third-order valence-corrected chi connectivity index (χ3v) is 3.35. The smallest absolute Gasteiger partial charge is 0.107 e. The fraction of sp³-hybridized carbons (Fsp3) is 0.571. The molecule has 0 aliphatic carbocycles. The lowest BCUT2D eigenvalue weighted by atomic mass is 10.1. The largest absolute Gasteiger partial charge is 0.389 e. The van der Waals surface area contributed by atoms with Gasteiger partial charge in [-0.25, -0.2) is 0 Å². The van der Waals surface area contributed by atoms with Crippen LogP contribution in [-0.2, 0) is 4.74 Å². The molecule has 0 radical (unpaired) electrons. The summed E-state index contributed by atoms with van der Waals surface area (Å²) < 4.78 is 5.25. The van der Waals surface area contributed by atoms with Gasteiger partial charge in [0.05, 0.1) is 17.9 Å². The maximum atomic E-state index is 5.87. The van der Waals surface area contributed by atoms with Gasteiger partial charge in [0.25, 0.3) is 0 Å². The summed E-state index contributed by atoms with van der Waals surface area (Å²) in [4.78, 5) is 7.09. The molecule has 0 spiro atoms. The minimum Gasteiger partial charge on any atom is -0.389 e. The van der Waals surface area contributed by atoms with Gasteiger partial charge in [0.2, 0.25) is 0 Å². The number of thiocarbonyl (C=S) groups is 1. The van der Waals surface area contributed by atoms with Crippen LogP contribution in [0.1, 0.15) is 30.8 Å². The van der Waals surface area contributed by atoms with Gasteiger partial charge in [-0.3, -0.25) is 4.98 Å². The first-order valence-corrected chi connectivity index (χ1v) is 6.86. The molecule has 1 heterocycles. The predicted molar refractivity (Wildman–Crippen MR) is 84.0 cm³/mol. The molecule has 1 rings (SSSR count). The Balaban J connectivity index is 3.33. The van der Waals surface area contributed by atoms with Gasteiger partial charge in [-0.15, -0.1) is 0 Å². The third kappa shape index (κ3) is 3.64. The summed E-state index contributed by atoms with van der Waals surface area (Å²) >= 11 is 5.18. The number of anilines is 1. The molecule has 0 fully saturated rings. The van der Waals surface area contributed by atoms with E-state index in [2.05, 4.69) is 23.7 Å². The van der Waals surface area contributed by atoms with Gasteiger partial charge in [0.1, 0.15) is 4.99 Å².